The standard InChI is InChI=1S/C30H14N2/c1-3-7-25-13-15-29-21-32-20-18-28(29)12-10-24-6-2-4-8-26(24)14-16-30-22-31-19-17-27(30)11-9-23(25)5-1/h1-8,17-22H. The van der Waals surface area contributed by atoms with Crippen molar-refractivity contribution in [3.05, 3.63) is 130 Å². The van der Waals surface area contributed by atoms with Crippen LogP contribution >= 0.6 is 0 Å². The Kier molecular flexibility index (Phi) is 5.20. The van der Waals surface area contributed by atoms with E-state index in [0.29, 0.717) is 0 Å². The molecule has 2 nitrogen and oxygen atoms in total. The SMILES string of the molecule is C1#Cc2ccncc2C#Cc2ccccc2C#Cc2ccncc2C#Cc2ccccc21. The van der Waals surface area contributed by atoms with Gasteiger partial charge in [0.2, 0.25) is 0 Å². The Balaban J connectivity index is 1.77. The third-order valence-corrected chi connectivity index (χ3v) is 4.82. The van der Waals surface area contributed by atoms with Gasteiger partial charge >= 0.3 is 0 Å². The van der Waals surface area contributed by atoms with Gasteiger partial charge in [-0.3, -0.25) is 9.97 Å². The van der Waals surface area contributed by atoms with Crippen molar-refractivity contribution in [1.29, 1.82) is 0 Å². The lowest BCUT2D eigenvalue weighted by atomic mass is 10.0. The molecule has 0 radical (unpaired) electrons. The monoisotopic (exact) mass is 402 g/mol. The fourth-order valence-corrected chi connectivity index (χ4v) is 3.15. The van der Waals surface area contributed by atoms with Gasteiger partial charge in [-0.15, -0.1) is 0 Å². The molecule has 0 saturated heterocycles. The number of nitrogens with zero attached hydrogens (tertiary/aromatic N) is 2. The fourth-order valence-electron chi connectivity index (χ4n) is 3.15. The van der Waals surface area contributed by atoms with Crippen LogP contribution in [0.25, 0.3) is 0 Å². The fraction of sp³-hybridized carbons (Fsp3) is 0. The quantitative estimate of drug-likeness (QED) is 0.359. The first-order chi connectivity index (χ1) is 15.9. The topological polar surface area (TPSA) is 25.8 Å². The van der Waals surface area contributed by atoms with Crippen molar-refractivity contribution in [3.63, 3.8) is 0 Å². The van der Waals surface area contributed by atoms with E-state index in [-0.39, 0.29) is 0 Å². The van der Waals surface area contributed by atoms with E-state index < -0.39 is 0 Å². The zero-order valence-electron chi connectivity index (χ0n) is 17.0. The molecule has 0 spiro atoms. The summed E-state index contributed by atoms with van der Waals surface area (Å²) in [5, 5.41) is 0. The second kappa shape index (κ2) is 8.78. The number of aromatic nitrogens is 2. The Labute approximate surface area is 187 Å². The molecule has 0 aliphatic heterocycles. The zero-order chi connectivity index (χ0) is 21.6. The first kappa shape index (κ1) is 19.0. The molecule has 32 heavy (non-hydrogen) atoms. The summed E-state index contributed by atoms with van der Waals surface area (Å²) in [6, 6.07) is 19.4. The van der Waals surface area contributed by atoms with E-state index in [0.717, 1.165) is 44.5 Å². The molecule has 2 aromatic heterocycles. The summed E-state index contributed by atoms with van der Waals surface area (Å²) in [6.07, 6.45) is 6.93. The predicted octanol–water partition coefficient (Wildman–Crippen LogP) is 4.39. The van der Waals surface area contributed by atoms with E-state index in [1.807, 2.05) is 60.7 Å². The maximum absolute atomic E-state index is 4.23. The molecule has 0 atom stereocenters. The minimum Gasteiger partial charge on any atom is -0.263 e. The van der Waals surface area contributed by atoms with E-state index in [1.54, 1.807) is 24.8 Å². The molecule has 0 N–H and O–H groups in total. The van der Waals surface area contributed by atoms with Gasteiger partial charge in [-0.2, -0.15) is 0 Å². The Bertz CT molecular complexity index is 1240. The second-order valence-electron chi connectivity index (χ2n) is 6.93. The predicted molar refractivity (Wildman–Crippen MR) is 125 cm³/mol. The van der Waals surface area contributed by atoms with Crippen LogP contribution < -0.4 is 0 Å². The van der Waals surface area contributed by atoms with Crippen LogP contribution in [0.2, 0.25) is 0 Å². The van der Waals surface area contributed by atoms with E-state index in [1.165, 1.54) is 0 Å². The van der Waals surface area contributed by atoms with Gasteiger partial charge in [0.25, 0.3) is 0 Å². The molecule has 0 saturated carbocycles. The third-order valence-electron chi connectivity index (χ3n) is 4.82. The molecule has 2 heterocycles. The van der Waals surface area contributed by atoms with Gasteiger partial charge in [0.05, 0.1) is 11.1 Å². The second-order valence-corrected chi connectivity index (χ2v) is 6.93. The molecular formula is C30H14N2. The molecule has 0 unspecified atom stereocenters. The molecule has 2 heteroatoms. The third kappa shape index (κ3) is 4.13. The van der Waals surface area contributed by atoms with Crippen LogP contribution in [0.15, 0.2) is 85.5 Å². The van der Waals surface area contributed by atoms with Crippen LogP contribution in [-0.4, -0.2) is 9.97 Å². The summed E-state index contributed by atoms with van der Waals surface area (Å²) in [5.74, 6) is 25.9. The van der Waals surface area contributed by atoms with Crippen LogP contribution in [0.1, 0.15) is 44.5 Å². The highest BCUT2D eigenvalue weighted by molar-refractivity contribution is 5.61. The lowest BCUT2D eigenvalue weighted by molar-refractivity contribution is 1.30. The highest BCUT2D eigenvalue weighted by atomic mass is 14.6. The molecule has 2 aromatic carbocycles. The summed E-state index contributed by atoms with van der Waals surface area (Å²) in [7, 11) is 0. The van der Waals surface area contributed by atoms with Gasteiger partial charge in [-0.1, -0.05) is 71.6 Å². The molecular weight excluding hydrogens is 388 g/mol. The lowest BCUT2D eigenvalue weighted by Gasteiger charge is -1.99. The van der Waals surface area contributed by atoms with E-state index in [4.69, 9.17) is 0 Å². The van der Waals surface area contributed by atoms with Gasteiger partial charge in [0, 0.05) is 58.2 Å². The minimum atomic E-state index is 0.773. The Morgan fingerprint density at radius 3 is 0.969 bits per heavy atom. The van der Waals surface area contributed by atoms with E-state index in [9.17, 15) is 0 Å². The molecule has 1 aliphatic rings. The normalized spacial score (nSPS) is 10.5. The number of hydrogen-bond donors (Lipinski definition) is 0. The lowest BCUT2D eigenvalue weighted by Crippen LogP contribution is -1.90. The highest BCUT2D eigenvalue weighted by Crippen LogP contribution is 2.12. The van der Waals surface area contributed by atoms with Gasteiger partial charge < -0.3 is 0 Å². The van der Waals surface area contributed by atoms with Crippen LogP contribution in [-0.2, 0) is 0 Å². The Morgan fingerprint density at radius 2 is 0.625 bits per heavy atom. The summed E-state index contributed by atoms with van der Waals surface area (Å²) in [6.45, 7) is 0. The maximum atomic E-state index is 4.23. The number of benzene rings is 2. The van der Waals surface area contributed by atoms with Crippen molar-refractivity contribution >= 4 is 0 Å². The molecule has 0 bridgehead atoms. The molecule has 1 aliphatic carbocycles. The minimum absolute atomic E-state index is 0.773. The van der Waals surface area contributed by atoms with E-state index >= 15 is 0 Å². The van der Waals surface area contributed by atoms with Crippen molar-refractivity contribution in [1.82, 2.24) is 9.97 Å². The highest BCUT2D eigenvalue weighted by Gasteiger charge is 2.02. The molecule has 5 rings (SSSR count). The Morgan fingerprint density at radius 1 is 0.344 bits per heavy atom. The number of fused-ring (bicyclic) bond motifs is 4. The first-order valence-electron chi connectivity index (χ1n) is 10.0. The molecule has 4 aromatic rings. The summed E-state index contributed by atoms with van der Waals surface area (Å²) in [4.78, 5) is 8.45. The summed E-state index contributed by atoms with van der Waals surface area (Å²) in [5.41, 5.74) is 6.59. The van der Waals surface area contributed by atoms with Crippen LogP contribution in [0.3, 0.4) is 0 Å². The molecule has 0 fully saturated rings. The average molecular weight is 402 g/mol. The first-order valence-corrected chi connectivity index (χ1v) is 10.0. The average Bonchev–Trinajstić information content (AvgIpc) is 2.85. The van der Waals surface area contributed by atoms with Crippen molar-refractivity contribution in [2.75, 3.05) is 0 Å². The Hall–Kier alpha value is -5.02. The summed E-state index contributed by atoms with van der Waals surface area (Å²) < 4.78 is 0. The van der Waals surface area contributed by atoms with Crippen molar-refractivity contribution in [2.45, 2.75) is 0 Å². The number of pyridine rings is 2. The van der Waals surface area contributed by atoms with Crippen molar-refractivity contribution in [3.8, 4) is 47.4 Å². The number of rotatable bonds is 0. The summed E-state index contributed by atoms with van der Waals surface area (Å²) >= 11 is 0. The molecule has 0 amide bonds. The van der Waals surface area contributed by atoms with Crippen LogP contribution in [0.4, 0.5) is 0 Å². The smallest absolute Gasteiger partial charge is 0.0589 e. The van der Waals surface area contributed by atoms with Gasteiger partial charge in [0.15, 0.2) is 0 Å². The van der Waals surface area contributed by atoms with Gasteiger partial charge in [0.1, 0.15) is 0 Å². The van der Waals surface area contributed by atoms with Gasteiger partial charge in [-0.25, -0.2) is 0 Å². The number of hydrogen-bond acceptors (Lipinski definition) is 2. The molecule has 144 valence electrons. The van der Waals surface area contributed by atoms with Crippen molar-refractivity contribution in [2.24, 2.45) is 0 Å². The van der Waals surface area contributed by atoms with Crippen molar-refractivity contribution < 1.29 is 0 Å². The maximum Gasteiger partial charge on any atom is 0.0589 e. The largest absolute Gasteiger partial charge is 0.263 e. The van der Waals surface area contributed by atoms with E-state index in [2.05, 4.69) is 57.3 Å². The zero-order valence-corrected chi connectivity index (χ0v) is 17.0. The van der Waals surface area contributed by atoms with Gasteiger partial charge in [-0.05, 0) is 36.4 Å². The van der Waals surface area contributed by atoms with Crippen LogP contribution in [0, 0.1) is 47.4 Å². The van der Waals surface area contributed by atoms with Crippen LogP contribution in [0.5, 0.6) is 0 Å².